The van der Waals surface area contributed by atoms with Crippen LogP contribution in [0.5, 0.6) is 5.75 Å². The van der Waals surface area contributed by atoms with Crippen molar-refractivity contribution >= 4 is 17.6 Å². The van der Waals surface area contributed by atoms with Gasteiger partial charge in [-0.3, -0.25) is 4.79 Å². The predicted octanol–water partition coefficient (Wildman–Crippen LogP) is 2.55. The summed E-state index contributed by atoms with van der Waals surface area (Å²) < 4.78 is 15.5. The van der Waals surface area contributed by atoms with Crippen molar-refractivity contribution < 1.29 is 23.8 Å². The normalized spacial score (nSPS) is 11.4. The minimum atomic E-state index is -0.570. The van der Waals surface area contributed by atoms with Gasteiger partial charge >= 0.3 is 5.97 Å². The zero-order valence-corrected chi connectivity index (χ0v) is 13.5. The second-order valence-electron chi connectivity index (χ2n) is 4.70. The van der Waals surface area contributed by atoms with Crippen molar-refractivity contribution in [3.05, 3.63) is 36.9 Å². The van der Waals surface area contributed by atoms with E-state index in [0.717, 1.165) is 0 Å². The summed E-state index contributed by atoms with van der Waals surface area (Å²) in [7, 11) is 0. The molecule has 1 rings (SSSR count). The van der Waals surface area contributed by atoms with Crippen LogP contribution < -0.4 is 10.1 Å². The molecule has 0 aliphatic carbocycles. The number of esters is 1. The molecule has 0 aliphatic rings. The van der Waals surface area contributed by atoms with Gasteiger partial charge in [0.05, 0.1) is 13.2 Å². The van der Waals surface area contributed by atoms with E-state index < -0.39 is 12.1 Å². The average molecular weight is 321 g/mol. The van der Waals surface area contributed by atoms with E-state index in [0.29, 0.717) is 31.1 Å². The van der Waals surface area contributed by atoms with Crippen LogP contribution in [0.15, 0.2) is 36.9 Å². The molecule has 126 valence electrons. The molecule has 0 saturated carbocycles. The first kappa shape index (κ1) is 18.7. The SMILES string of the molecule is C=CCCOC(C)C(=O)Nc1cccc(OCC(=O)OCC)c1. The first-order valence-electron chi connectivity index (χ1n) is 7.48. The third-order valence-corrected chi connectivity index (χ3v) is 2.82. The van der Waals surface area contributed by atoms with E-state index in [1.54, 1.807) is 44.2 Å². The molecule has 0 fully saturated rings. The summed E-state index contributed by atoms with van der Waals surface area (Å²) in [5.41, 5.74) is 0.565. The number of carbonyl (C=O) groups excluding carboxylic acids is 2. The molecule has 6 nitrogen and oxygen atoms in total. The lowest BCUT2D eigenvalue weighted by atomic mass is 10.2. The van der Waals surface area contributed by atoms with E-state index in [-0.39, 0.29) is 12.5 Å². The molecule has 0 aliphatic heterocycles. The minimum absolute atomic E-state index is 0.174. The van der Waals surface area contributed by atoms with Gasteiger partial charge in [0.1, 0.15) is 11.9 Å². The second-order valence-corrected chi connectivity index (χ2v) is 4.70. The standard InChI is InChI=1S/C17H23NO5/c1-4-6-10-22-13(3)17(20)18-14-8-7-9-15(11-14)23-12-16(19)21-5-2/h4,7-9,11,13H,1,5-6,10,12H2,2-3H3,(H,18,20). The highest BCUT2D eigenvalue weighted by Gasteiger charge is 2.13. The van der Waals surface area contributed by atoms with Crippen molar-refractivity contribution in [1.29, 1.82) is 0 Å². The van der Waals surface area contributed by atoms with Gasteiger partial charge in [0, 0.05) is 11.8 Å². The molecule has 1 unspecified atom stereocenters. The molecule has 6 heteroatoms. The predicted molar refractivity (Wildman–Crippen MR) is 87.4 cm³/mol. The van der Waals surface area contributed by atoms with E-state index in [1.165, 1.54) is 0 Å². The fourth-order valence-corrected chi connectivity index (χ4v) is 1.66. The molecule has 1 aromatic carbocycles. The number of hydrogen-bond acceptors (Lipinski definition) is 5. The van der Waals surface area contributed by atoms with Crippen LogP contribution in [0.25, 0.3) is 0 Å². The first-order chi connectivity index (χ1) is 11.1. The van der Waals surface area contributed by atoms with Crippen LogP contribution in [0.3, 0.4) is 0 Å². The fraction of sp³-hybridized carbons (Fsp3) is 0.412. The Balaban J connectivity index is 2.50. The van der Waals surface area contributed by atoms with Gasteiger partial charge in [-0.15, -0.1) is 6.58 Å². The largest absolute Gasteiger partial charge is 0.482 e. The van der Waals surface area contributed by atoms with E-state index in [2.05, 4.69) is 11.9 Å². The molecular weight excluding hydrogens is 298 g/mol. The number of benzene rings is 1. The van der Waals surface area contributed by atoms with Crippen molar-refractivity contribution in [1.82, 2.24) is 0 Å². The van der Waals surface area contributed by atoms with Crippen molar-refractivity contribution in [2.45, 2.75) is 26.4 Å². The Bertz CT molecular complexity index is 529. The summed E-state index contributed by atoms with van der Waals surface area (Å²) in [5.74, 6) is -0.223. The zero-order chi connectivity index (χ0) is 17.1. The van der Waals surface area contributed by atoms with Gasteiger partial charge < -0.3 is 19.5 Å². The van der Waals surface area contributed by atoms with Gasteiger partial charge in [-0.25, -0.2) is 4.79 Å². The van der Waals surface area contributed by atoms with Crippen molar-refractivity contribution in [3.63, 3.8) is 0 Å². The maximum Gasteiger partial charge on any atom is 0.344 e. The summed E-state index contributed by atoms with van der Waals surface area (Å²) in [4.78, 5) is 23.2. The van der Waals surface area contributed by atoms with E-state index in [1.807, 2.05) is 0 Å². The highest BCUT2D eigenvalue weighted by molar-refractivity contribution is 5.94. The molecule has 1 amide bonds. The van der Waals surface area contributed by atoms with E-state index >= 15 is 0 Å². The number of ether oxygens (including phenoxy) is 3. The minimum Gasteiger partial charge on any atom is -0.482 e. The van der Waals surface area contributed by atoms with Gasteiger partial charge in [-0.1, -0.05) is 12.1 Å². The number of nitrogens with one attached hydrogen (secondary N) is 1. The Morgan fingerprint density at radius 1 is 1.39 bits per heavy atom. The third-order valence-electron chi connectivity index (χ3n) is 2.82. The Hall–Kier alpha value is -2.34. The summed E-state index contributed by atoms with van der Waals surface area (Å²) in [6.45, 7) is 7.58. The van der Waals surface area contributed by atoms with Crippen LogP contribution in [0.2, 0.25) is 0 Å². The fourth-order valence-electron chi connectivity index (χ4n) is 1.66. The summed E-state index contributed by atoms with van der Waals surface area (Å²) in [6.07, 6.45) is 1.85. The zero-order valence-electron chi connectivity index (χ0n) is 13.5. The molecule has 0 aromatic heterocycles. The topological polar surface area (TPSA) is 73.9 Å². The number of amides is 1. The Morgan fingerprint density at radius 2 is 2.17 bits per heavy atom. The van der Waals surface area contributed by atoms with Crippen LogP contribution in [0, 0.1) is 0 Å². The maximum atomic E-state index is 12.0. The molecule has 23 heavy (non-hydrogen) atoms. The lowest BCUT2D eigenvalue weighted by Crippen LogP contribution is -2.28. The molecule has 0 spiro atoms. The van der Waals surface area contributed by atoms with Gasteiger partial charge in [0.2, 0.25) is 0 Å². The van der Waals surface area contributed by atoms with Gasteiger partial charge in [-0.2, -0.15) is 0 Å². The van der Waals surface area contributed by atoms with Crippen molar-refractivity contribution in [2.75, 3.05) is 25.1 Å². The maximum absolute atomic E-state index is 12.0. The molecule has 0 heterocycles. The second kappa shape index (κ2) is 10.4. The number of hydrogen-bond donors (Lipinski definition) is 1. The quantitative estimate of drug-likeness (QED) is 0.407. The molecule has 1 N–H and O–H groups in total. The summed E-state index contributed by atoms with van der Waals surface area (Å²) in [6, 6.07) is 6.78. The van der Waals surface area contributed by atoms with Crippen LogP contribution in [-0.4, -0.2) is 37.8 Å². The Morgan fingerprint density at radius 3 is 2.87 bits per heavy atom. The molecular formula is C17H23NO5. The van der Waals surface area contributed by atoms with Gasteiger partial charge in [0.15, 0.2) is 6.61 Å². The Kier molecular flexibility index (Phi) is 8.46. The van der Waals surface area contributed by atoms with Crippen LogP contribution >= 0.6 is 0 Å². The summed E-state index contributed by atoms with van der Waals surface area (Å²) >= 11 is 0. The monoisotopic (exact) mass is 321 g/mol. The lowest BCUT2D eigenvalue weighted by Gasteiger charge is -2.13. The third kappa shape index (κ3) is 7.46. The first-order valence-corrected chi connectivity index (χ1v) is 7.48. The molecule has 0 bridgehead atoms. The molecule has 0 saturated heterocycles. The highest BCUT2D eigenvalue weighted by atomic mass is 16.6. The van der Waals surface area contributed by atoms with Crippen molar-refractivity contribution in [3.8, 4) is 5.75 Å². The summed E-state index contributed by atoms with van der Waals surface area (Å²) in [5, 5.41) is 2.74. The molecule has 0 radical (unpaired) electrons. The number of anilines is 1. The van der Waals surface area contributed by atoms with Crippen LogP contribution in [0.4, 0.5) is 5.69 Å². The van der Waals surface area contributed by atoms with Crippen LogP contribution in [0.1, 0.15) is 20.3 Å². The molecule has 1 atom stereocenters. The average Bonchev–Trinajstić information content (AvgIpc) is 2.53. The van der Waals surface area contributed by atoms with Crippen LogP contribution in [-0.2, 0) is 19.1 Å². The van der Waals surface area contributed by atoms with Crippen molar-refractivity contribution in [2.24, 2.45) is 0 Å². The lowest BCUT2D eigenvalue weighted by molar-refractivity contribution is -0.145. The van der Waals surface area contributed by atoms with Gasteiger partial charge in [-0.05, 0) is 32.4 Å². The van der Waals surface area contributed by atoms with Gasteiger partial charge in [0.25, 0.3) is 5.91 Å². The van der Waals surface area contributed by atoms with E-state index in [4.69, 9.17) is 14.2 Å². The number of carbonyl (C=O) groups is 2. The smallest absolute Gasteiger partial charge is 0.344 e. The Labute approximate surface area is 136 Å². The van der Waals surface area contributed by atoms with E-state index in [9.17, 15) is 9.59 Å². The highest BCUT2D eigenvalue weighted by Crippen LogP contribution is 2.17. The number of rotatable bonds is 10. The molecule has 1 aromatic rings.